The highest BCUT2D eigenvalue weighted by molar-refractivity contribution is 4.78. The van der Waals surface area contributed by atoms with E-state index in [0.29, 0.717) is 25.6 Å². The maximum atomic E-state index is 10.1. The SMILES string of the molecule is CC(C)CC(C)(O)CNCC(O)CN1CCOCC1. The van der Waals surface area contributed by atoms with Gasteiger partial charge in [-0.1, -0.05) is 13.8 Å². The van der Waals surface area contributed by atoms with Gasteiger partial charge in [-0.3, -0.25) is 4.90 Å². The van der Waals surface area contributed by atoms with Crippen LogP contribution in [0.1, 0.15) is 27.2 Å². The third-order valence-electron chi connectivity index (χ3n) is 3.31. The Morgan fingerprint density at radius 1 is 1.32 bits per heavy atom. The standard InChI is InChI=1S/C14H30N2O3/c1-12(2)8-14(3,18)11-15-9-13(17)10-16-4-6-19-7-5-16/h12-13,15,17-18H,4-11H2,1-3H3. The van der Waals surface area contributed by atoms with E-state index in [9.17, 15) is 10.2 Å². The van der Waals surface area contributed by atoms with Gasteiger partial charge < -0.3 is 20.3 Å². The first-order valence-corrected chi connectivity index (χ1v) is 7.30. The molecule has 0 saturated carbocycles. The number of ether oxygens (including phenoxy) is 1. The average Bonchev–Trinajstić information content (AvgIpc) is 2.28. The van der Waals surface area contributed by atoms with Crippen LogP contribution in [0.2, 0.25) is 0 Å². The minimum absolute atomic E-state index is 0.395. The Hall–Kier alpha value is -0.200. The first-order chi connectivity index (χ1) is 8.89. The molecule has 114 valence electrons. The summed E-state index contributed by atoms with van der Waals surface area (Å²) >= 11 is 0. The van der Waals surface area contributed by atoms with Crippen LogP contribution in [0.15, 0.2) is 0 Å². The predicted octanol–water partition coefficient (Wildman–Crippen LogP) is 0.0662. The molecule has 19 heavy (non-hydrogen) atoms. The Labute approximate surface area is 116 Å². The van der Waals surface area contributed by atoms with E-state index in [4.69, 9.17) is 4.74 Å². The summed E-state index contributed by atoms with van der Waals surface area (Å²) in [5.41, 5.74) is -0.702. The average molecular weight is 274 g/mol. The lowest BCUT2D eigenvalue weighted by molar-refractivity contribution is 0.0107. The molecule has 1 saturated heterocycles. The van der Waals surface area contributed by atoms with Gasteiger partial charge in [0.25, 0.3) is 0 Å². The van der Waals surface area contributed by atoms with Gasteiger partial charge in [-0.2, -0.15) is 0 Å². The van der Waals surface area contributed by atoms with E-state index < -0.39 is 11.7 Å². The molecule has 0 aromatic rings. The molecule has 1 aliphatic rings. The Morgan fingerprint density at radius 2 is 1.95 bits per heavy atom. The third kappa shape index (κ3) is 7.84. The van der Waals surface area contributed by atoms with Crippen LogP contribution in [0.4, 0.5) is 0 Å². The Balaban J connectivity index is 2.13. The van der Waals surface area contributed by atoms with E-state index in [1.807, 2.05) is 6.92 Å². The highest BCUT2D eigenvalue weighted by atomic mass is 16.5. The number of hydrogen-bond acceptors (Lipinski definition) is 5. The number of nitrogens with zero attached hydrogens (tertiary/aromatic N) is 1. The van der Waals surface area contributed by atoms with Gasteiger partial charge >= 0.3 is 0 Å². The van der Waals surface area contributed by atoms with Gasteiger partial charge in [0.15, 0.2) is 0 Å². The predicted molar refractivity (Wildman–Crippen MR) is 76.2 cm³/mol. The number of morpholine rings is 1. The topological polar surface area (TPSA) is 65.0 Å². The van der Waals surface area contributed by atoms with E-state index >= 15 is 0 Å². The molecule has 1 aliphatic heterocycles. The van der Waals surface area contributed by atoms with E-state index in [2.05, 4.69) is 24.1 Å². The molecule has 0 spiro atoms. The maximum Gasteiger partial charge on any atom is 0.0791 e. The van der Waals surface area contributed by atoms with Crippen LogP contribution in [0, 0.1) is 5.92 Å². The molecule has 0 aliphatic carbocycles. The van der Waals surface area contributed by atoms with Crippen LogP contribution in [-0.4, -0.2) is 72.8 Å². The van der Waals surface area contributed by atoms with Crippen molar-refractivity contribution < 1.29 is 14.9 Å². The summed E-state index contributed by atoms with van der Waals surface area (Å²) in [4.78, 5) is 2.21. The molecule has 0 bridgehead atoms. The first-order valence-electron chi connectivity index (χ1n) is 7.30. The van der Waals surface area contributed by atoms with Gasteiger partial charge in [-0.15, -0.1) is 0 Å². The summed E-state index contributed by atoms with van der Waals surface area (Å²) in [5, 5.41) is 23.3. The number of aliphatic hydroxyl groups is 2. The molecule has 5 nitrogen and oxygen atoms in total. The van der Waals surface area contributed by atoms with Crippen molar-refractivity contribution in [3.05, 3.63) is 0 Å². The van der Waals surface area contributed by atoms with E-state index in [0.717, 1.165) is 32.7 Å². The summed E-state index contributed by atoms with van der Waals surface area (Å²) in [6.07, 6.45) is 0.368. The lowest BCUT2D eigenvalue weighted by Gasteiger charge is -2.30. The summed E-state index contributed by atoms with van der Waals surface area (Å²) in [7, 11) is 0. The third-order valence-corrected chi connectivity index (χ3v) is 3.31. The van der Waals surface area contributed by atoms with Gasteiger partial charge in [-0.05, 0) is 19.3 Å². The molecule has 3 N–H and O–H groups in total. The van der Waals surface area contributed by atoms with Gasteiger partial charge in [-0.25, -0.2) is 0 Å². The second-order valence-corrected chi connectivity index (χ2v) is 6.29. The van der Waals surface area contributed by atoms with Crippen molar-refractivity contribution in [1.82, 2.24) is 10.2 Å². The quantitative estimate of drug-likeness (QED) is 0.584. The summed E-state index contributed by atoms with van der Waals surface area (Å²) in [6, 6.07) is 0. The van der Waals surface area contributed by atoms with Gasteiger partial charge in [0, 0.05) is 32.7 Å². The summed E-state index contributed by atoms with van der Waals surface area (Å²) < 4.78 is 5.27. The molecule has 2 atom stereocenters. The van der Waals surface area contributed by atoms with Crippen LogP contribution in [0.5, 0.6) is 0 Å². The molecule has 0 aromatic heterocycles. The zero-order valence-electron chi connectivity index (χ0n) is 12.6. The van der Waals surface area contributed by atoms with Crippen molar-refractivity contribution >= 4 is 0 Å². The van der Waals surface area contributed by atoms with Crippen molar-refractivity contribution in [3.63, 3.8) is 0 Å². The van der Waals surface area contributed by atoms with Crippen LogP contribution >= 0.6 is 0 Å². The zero-order chi connectivity index (χ0) is 14.3. The number of hydrogen-bond donors (Lipinski definition) is 3. The molecular weight excluding hydrogens is 244 g/mol. The highest BCUT2D eigenvalue weighted by Gasteiger charge is 2.22. The van der Waals surface area contributed by atoms with Crippen LogP contribution < -0.4 is 5.32 Å². The second-order valence-electron chi connectivity index (χ2n) is 6.29. The number of rotatable bonds is 8. The lowest BCUT2D eigenvalue weighted by atomic mass is 9.94. The summed E-state index contributed by atoms with van der Waals surface area (Å²) in [6.45, 7) is 11.0. The zero-order valence-corrected chi connectivity index (χ0v) is 12.6. The molecule has 2 unspecified atom stereocenters. The van der Waals surface area contributed by atoms with Gasteiger partial charge in [0.1, 0.15) is 0 Å². The normalized spacial score (nSPS) is 22.4. The van der Waals surface area contributed by atoms with Crippen LogP contribution in [0.3, 0.4) is 0 Å². The van der Waals surface area contributed by atoms with Crippen molar-refractivity contribution in [1.29, 1.82) is 0 Å². The monoisotopic (exact) mass is 274 g/mol. The number of nitrogens with one attached hydrogen (secondary N) is 1. The van der Waals surface area contributed by atoms with E-state index in [1.54, 1.807) is 0 Å². The molecule has 1 fully saturated rings. The fourth-order valence-corrected chi connectivity index (χ4v) is 2.61. The lowest BCUT2D eigenvalue weighted by Crippen LogP contribution is -2.46. The fraction of sp³-hybridized carbons (Fsp3) is 1.00. The van der Waals surface area contributed by atoms with Gasteiger partial charge in [0.05, 0.1) is 24.9 Å². The smallest absolute Gasteiger partial charge is 0.0791 e. The molecular formula is C14H30N2O3. The molecule has 1 rings (SSSR count). The van der Waals surface area contributed by atoms with Gasteiger partial charge in [0.2, 0.25) is 0 Å². The fourth-order valence-electron chi connectivity index (χ4n) is 2.61. The largest absolute Gasteiger partial charge is 0.390 e. The Morgan fingerprint density at radius 3 is 2.53 bits per heavy atom. The number of aliphatic hydroxyl groups excluding tert-OH is 1. The Bertz CT molecular complexity index is 241. The molecule has 0 amide bonds. The molecule has 0 aromatic carbocycles. The van der Waals surface area contributed by atoms with Crippen molar-refractivity contribution in [2.24, 2.45) is 5.92 Å². The molecule has 1 heterocycles. The first kappa shape index (κ1) is 16.9. The maximum absolute atomic E-state index is 10.1. The van der Waals surface area contributed by atoms with E-state index in [-0.39, 0.29) is 0 Å². The molecule has 5 heteroatoms. The summed E-state index contributed by atoms with van der Waals surface area (Å²) in [5.74, 6) is 0.468. The second kappa shape index (κ2) is 8.17. The molecule has 0 radical (unpaired) electrons. The van der Waals surface area contributed by atoms with Crippen molar-refractivity contribution in [3.8, 4) is 0 Å². The van der Waals surface area contributed by atoms with Crippen LogP contribution in [0.25, 0.3) is 0 Å². The minimum Gasteiger partial charge on any atom is -0.390 e. The van der Waals surface area contributed by atoms with E-state index in [1.165, 1.54) is 0 Å². The Kier molecular flexibility index (Phi) is 7.25. The van der Waals surface area contributed by atoms with Crippen LogP contribution in [-0.2, 0) is 4.74 Å². The minimum atomic E-state index is -0.702. The highest BCUT2D eigenvalue weighted by Crippen LogP contribution is 2.14. The number of β-amino-alcohol motifs (C(OH)–C–C–N with tert-alkyl or cyclic N) is 1. The van der Waals surface area contributed by atoms with Crippen molar-refractivity contribution in [2.45, 2.75) is 38.9 Å². The van der Waals surface area contributed by atoms with Crippen molar-refractivity contribution in [2.75, 3.05) is 45.9 Å².